The second kappa shape index (κ2) is 5.61. The molecule has 1 fully saturated rings. The Balaban J connectivity index is 1.86. The maximum Gasteiger partial charge on any atom is 0.123 e. The maximum absolute atomic E-state index is 13.1. The van der Waals surface area contributed by atoms with Crippen molar-refractivity contribution in [2.24, 2.45) is 0 Å². The molecule has 1 aliphatic heterocycles. The summed E-state index contributed by atoms with van der Waals surface area (Å²) in [7, 11) is 2.17. The molecule has 0 amide bonds. The molecule has 17 heavy (non-hydrogen) atoms. The van der Waals surface area contributed by atoms with Crippen LogP contribution in [-0.2, 0) is 0 Å². The van der Waals surface area contributed by atoms with Crippen LogP contribution in [-0.4, -0.2) is 31.1 Å². The fourth-order valence-corrected chi connectivity index (χ4v) is 2.44. The number of halogens is 1. The van der Waals surface area contributed by atoms with E-state index in [0.29, 0.717) is 6.04 Å². The van der Waals surface area contributed by atoms with E-state index in [4.69, 9.17) is 0 Å². The number of hydrogen-bond acceptors (Lipinski definition) is 2. The Labute approximate surface area is 103 Å². The third-order valence-corrected chi connectivity index (χ3v) is 3.68. The minimum atomic E-state index is -0.158. The van der Waals surface area contributed by atoms with Crippen molar-refractivity contribution in [2.75, 3.05) is 20.1 Å². The highest BCUT2D eigenvalue weighted by atomic mass is 19.1. The third-order valence-electron chi connectivity index (χ3n) is 3.68. The van der Waals surface area contributed by atoms with Gasteiger partial charge in [0, 0.05) is 18.6 Å². The lowest BCUT2D eigenvalue weighted by molar-refractivity contribution is 0.293. The molecule has 1 saturated heterocycles. The second-order valence-corrected chi connectivity index (χ2v) is 4.96. The molecular weight excluding hydrogens is 215 g/mol. The van der Waals surface area contributed by atoms with Gasteiger partial charge in [0.2, 0.25) is 0 Å². The van der Waals surface area contributed by atoms with Crippen molar-refractivity contribution < 1.29 is 4.39 Å². The molecule has 3 heteroatoms. The monoisotopic (exact) mass is 236 g/mol. The van der Waals surface area contributed by atoms with Crippen LogP contribution in [0.25, 0.3) is 0 Å². The first-order chi connectivity index (χ1) is 8.16. The van der Waals surface area contributed by atoms with Crippen LogP contribution in [0.15, 0.2) is 24.3 Å². The fraction of sp³-hybridized carbons (Fsp3) is 0.571. The number of likely N-dealkylation sites (tertiary alicyclic amines) is 1. The van der Waals surface area contributed by atoms with Crippen LogP contribution >= 0.6 is 0 Å². The second-order valence-electron chi connectivity index (χ2n) is 4.96. The van der Waals surface area contributed by atoms with Crippen molar-refractivity contribution in [1.29, 1.82) is 0 Å². The van der Waals surface area contributed by atoms with Crippen molar-refractivity contribution >= 4 is 0 Å². The molecule has 2 rings (SSSR count). The molecule has 2 atom stereocenters. The Morgan fingerprint density at radius 3 is 3.00 bits per heavy atom. The van der Waals surface area contributed by atoms with Crippen molar-refractivity contribution in [3.05, 3.63) is 35.6 Å². The Bertz CT molecular complexity index is 367. The predicted octanol–water partition coefficient (Wildman–Crippen LogP) is 2.57. The first kappa shape index (κ1) is 12.5. The van der Waals surface area contributed by atoms with E-state index in [1.54, 1.807) is 12.1 Å². The number of nitrogens with one attached hydrogen (secondary N) is 1. The van der Waals surface area contributed by atoms with Gasteiger partial charge in [-0.1, -0.05) is 12.1 Å². The van der Waals surface area contributed by atoms with Crippen LogP contribution in [0.5, 0.6) is 0 Å². The zero-order valence-electron chi connectivity index (χ0n) is 10.6. The van der Waals surface area contributed by atoms with Gasteiger partial charge in [-0.05, 0) is 51.1 Å². The molecule has 2 nitrogen and oxygen atoms in total. The smallest absolute Gasteiger partial charge is 0.123 e. The largest absolute Gasteiger partial charge is 0.309 e. The SMILES string of the molecule is CC(NCC1CCCN1C)c1cccc(F)c1. The molecule has 2 unspecified atom stereocenters. The molecule has 1 aliphatic rings. The minimum absolute atomic E-state index is 0.158. The van der Waals surface area contributed by atoms with E-state index in [9.17, 15) is 4.39 Å². The van der Waals surface area contributed by atoms with E-state index in [2.05, 4.69) is 24.2 Å². The van der Waals surface area contributed by atoms with Gasteiger partial charge in [0.1, 0.15) is 5.82 Å². The molecular formula is C14H21FN2. The van der Waals surface area contributed by atoms with Gasteiger partial charge < -0.3 is 10.2 Å². The van der Waals surface area contributed by atoms with Gasteiger partial charge in [0.05, 0.1) is 0 Å². The van der Waals surface area contributed by atoms with Gasteiger partial charge in [-0.2, -0.15) is 0 Å². The van der Waals surface area contributed by atoms with Gasteiger partial charge in [0.15, 0.2) is 0 Å². The average molecular weight is 236 g/mol. The summed E-state index contributed by atoms with van der Waals surface area (Å²) in [6.45, 7) is 4.26. The average Bonchev–Trinajstić information content (AvgIpc) is 2.72. The van der Waals surface area contributed by atoms with Gasteiger partial charge in [-0.3, -0.25) is 0 Å². The third kappa shape index (κ3) is 3.27. The number of hydrogen-bond donors (Lipinski definition) is 1. The Morgan fingerprint density at radius 2 is 2.35 bits per heavy atom. The van der Waals surface area contributed by atoms with Gasteiger partial charge in [-0.25, -0.2) is 4.39 Å². The molecule has 0 saturated carbocycles. The molecule has 0 bridgehead atoms. The van der Waals surface area contributed by atoms with E-state index >= 15 is 0 Å². The Kier molecular flexibility index (Phi) is 4.13. The van der Waals surface area contributed by atoms with Gasteiger partial charge in [-0.15, -0.1) is 0 Å². The van der Waals surface area contributed by atoms with E-state index in [0.717, 1.165) is 12.1 Å². The molecule has 0 radical (unpaired) electrons. The molecule has 0 spiro atoms. The highest BCUT2D eigenvalue weighted by Gasteiger charge is 2.20. The van der Waals surface area contributed by atoms with Crippen LogP contribution in [0.1, 0.15) is 31.4 Å². The molecule has 1 aromatic carbocycles. The van der Waals surface area contributed by atoms with Crippen LogP contribution in [0.3, 0.4) is 0 Å². The van der Waals surface area contributed by atoms with Crippen molar-refractivity contribution in [3.8, 4) is 0 Å². The number of rotatable bonds is 4. The van der Waals surface area contributed by atoms with E-state index < -0.39 is 0 Å². The highest BCUT2D eigenvalue weighted by molar-refractivity contribution is 5.19. The standard InChI is InChI=1S/C14H21FN2/c1-11(12-5-3-6-13(15)9-12)16-10-14-7-4-8-17(14)2/h3,5-6,9,11,14,16H,4,7-8,10H2,1-2H3. The van der Waals surface area contributed by atoms with E-state index in [1.807, 2.05) is 6.07 Å². The molecule has 1 N–H and O–H groups in total. The molecule has 0 aliphatic carbocycles. The fourth-order valence-electron chi connectivity index (χ4n) is 2.44. The topological polar surface area (TPSA) is 15.3 Å². The van der Waals surface area contributed by atoms with Crippen LogP contribution in [0.4, 0.5) is 4.39 Å². The normalized spacial score (nSPS) is 22.9. The highest BCUT2D eigenvalue weighted by Crippen LogP contribution is 2.17. The Hall–Kier alpha value is -0.930. The zero-order valence-corrected chi connectivity index (χ0v) is 10.6. The summed E-state index contributed by atoms with van der Waals surface area (Å²) in [6.07, 6.45) is 2.55. The number of benzene rings is 1. The van der Waals surface area contributed by atoms with Gasteiger partial charge >= 0.3 is 0 Å². The predicted molar refractivity (Wildman–Crippen MR) is 68.5 cm³/mol. The summed E-state index contributed by atoms with van der Waals surface area (Å²) >= 11 is 0. The molecule has 0 aromatic heterocycles. The maximum atomic E-state index is 13.1. The van der Waals surface area contributed by atoms with Crippen LogP contribution in [0.2, 0.25) is 0 Å². The first-order valence-electron chi connectivity index (χ1n) is 6.36. The molecule has 1 aromatic rings. The van der Waals surface area contributed by atoms with E-state index in [-0.39, 0.29) is 11.9 Å². The van der Waals surface area contributed by atoms with Crippen molar-refractivity contribution in [3.63, 3.8) is 0 Å². The van der Waals surface area contributed by atoms with Crippen molar-refractivity contribution in [1.82, 2.24) is 10.2 Å². The lowest BCUT2D eigenvalue weighted by Gasteiger charge is -2.22. The summed E-state index contributed by atoms with van der Waals surface area (Å²) in [6, 6.07) is 7.67. The van der Waals surface area contributed by atoms with Crippen molar-refractivity contribution in [2.45, 2.75) is 31.8 Å². The first-order valence-corrected chi connectivity index (χ1v) is 6.36. The quantitative estimate of drug-likeness (QED) is 0.864. The lowest BCUT2D eigenvalue weighted by atomic mass is 10.1. The lowest BCUT2D eigenvalue weighted by Crippen LogP contribution is -2.36. The summed E-state index contributed by atoms with van der Waals surface area (Å²) < 4.78 is 13.1. The minimum Gasteiger partial charge on any atom is -0.309 e. The zero-order chi connectivity index (χ0) is 12.3. The number of nitrogens with zero attached hydrogens (tertiary/aromatic N) is 1. The van der Waals surface area contributed by atoms with Crippen LogP contribution < -0.4 is 5.32 Å². The summed E-state index contributed by atoms with van der Waals surface area (Å²) in [5.74, 6) is -0.158. The summed E-state index contributed by atoms with van der Waals surface area (Å²) in [4.78, 5) is 2.39. The summed E-state index contributed by atoms with van der Waals surface area (Å²) in [5, 5.41) is 3.49. The Morgan fingerprint density at radius 1 is 1.53 bits per heavy atom. The van der Waals surface area contributed by atoms with Crippen LogP contribution in [0, 0.1) is 5.82 Å². The van der Waals surface area contributed by atoms with E-state index in [1.165, 1.54) is 25.5 Å². The molecule has 1 heterocycles. The summed E-state index contributed by atoms with van der Waals surface area (Å²) in [5.41, 5.74) is 1.02. The number of likely N-dealkylation sites (N-methyl/N-ethyl adjacent to an activating group) is 1. The molecule has 94 valence electrons. The van der Waals surface area contributed by atoms with Gasteiger partial charge in [0.25, 0.3) is 0 Å².